The molecule has 27 heavy (non-hydrogen) atoms. The van der Waals surface area contributed by atoms with Crippen molar-refractivity contribution in [3.8, 4) is 23.0 Å². The molecular formula is C20H22BrNO5. The summed E-state index contributed by atoms with van der Waals surface area (Å²) >= 11 is 3.35. The molecule has 0 aliphatic carbocycles. The first-order valence-corrected chi connectivity index (χ1v) is 8.99. The van der Waals surface area contributed by atoms with E-state index in [0.29, 0.717) is 50.9 Å². The number of methoxy groups -OCH3 is 3. The molecule has 0 heterocycles. The smallest absolute Gasteiger partial charge is 0.203 e. The Morgan fingerprint density at radius 2 is 1.70 bits per heavy atom. The molecule has 2 N–H and O–H groups in total. The lowest BCUT2D eigenvalue weighted by atomic mass is 10.1. The second kappa shape index (κ2) is 9.32. The van der Waals surface area contributed by atoms with Crippen molar-refractivity contribution in [1.82, 2.24) is 0 Å². The topological polar surface area (TPSA) is 80.0 Å². The van der Waals surface area contributed by atoms with Gasteiger partial charge in [0.25, 0.3) is 0 Å². The Bertz CT molecular complexity index is 864. The summed E-state index contributed by atoms with van der Waals surface area (Å²) < 4.78 is 21.8. The number of carbonyl (C=O) groups is 1. The fourth-order valence-corrected chi connectivity index (χ4v) is 3.03. The van der Waals surface area contributed by atoms with Crippen molar-refractivity contribution in [3.05, 3.63) is 45.9 Å². The Balaban J connectivity index is 2.39. The van der Waals surface area contributed by atoms with Gasteiger partial charge in [0.1, 0.15) is 5.75 Å². The van der Waals surface area contributed by atoms with Crippen molar-refractivity contribution in [2.75, 3.05) is 33.7 Å². The van der Waals surface area contributed by atoms with Crippen molar-refractivity contribution in [1.29, 1.82) is 0 Å². The van der Waals surface area contributed by atoms with Gasteiger partial charge in [-0.1, -0.05) is 0 Å². The van der Waals surface area contributed by atoms with Gasteiger partial charge in [-0.15, -0.1) is 0 Å². The van der Waals surface area contributed by atoms with Crippen LogP contribution in [0.4, 0.5) is 5.69 Å². The summed E-state index contributed by atoms with van der Waals surface area (Å²) in [6.45, 7) is 2.37. The maximum Gasteiger partial charge on any atom is 0.203 e. The second-order valence-electron chi connectivity index (χ2n) is 5.43. The van der Waals surface area contributed by atoms with Crippen LogP contribution in [-0.2, 0) is 0 Å². The maximum atomic E-state index is 12.7. The van der Waals surface area contributed by atoms with Crippen LogP contribution in [0.25, 0.3) is 6.08 Å². The third kappa shape index (κ3) is 4.54. The molecule has 6 nitrogen and oxygen atoms in total. The number of nitrogens with two attached hydrogens (primary N) is 1. The predicted octanol–water partition coefficient (Wildman–Crippen LogP) is 4.31. The van der Waals surface area contributed by atoms with Crippen LogP contribution in [0.3, 0.4) is 0 Å². The van der Waals surface area contributed by atoms with Crippen molar-refractivity contribution in [3.63, 3.8) is 0 Å². The molecule has 0 bridgehead atoms. The molecule has 0 aliphatic heterocycles. The van der Waals surface area contributed by atoms with Gasteiger partial charge in [-0.05, 0) is 59.3 Å². The van der Waals surface area contributed by atoms with Crippen LogP contribution in [0.1, 0.15) is 22.8 Å². The van der Waals surface area contributed by atoms with Crippen LogP contribution < -0.4 is 24.7 Å². The van der Waals surface area contributed by atoms with Crippen molar-refractivity contribution < 1.29 is 23.7 Å². The zero-order valence-corrected chi connectivity index (χ0v) is 17.3. The van der Waals surface area contributed by atoms with Crippen LogP contribution >= 0.6 is 15.9 Å². The van der Waals surface area contributed by atoms with E-state index in [2.05, 4.69) is 15.9 Å². The molecule has 144 valence electrons. The molecular weight excluding hydrogens is 414 g/mol. The summed E-state index contributed by atoms with van der Waals surface area (Å²) in [5.74, 6) is 1.78. The number of ether oxygens (including phenoxy) is 4. The number of hydrogen-bond donors (Lipinski definition) is 1. The zero-order chi connectivity index (χ0) is 20.0. The molecule has 0 saturated heterocycles. The van der Waals surface area contributed by atoms with Crippen LogP contribution in [0, 0.1) is 0 Å². The van der Waals surface area contributed by atoms with E-state index < -0.39 is 0 Å². The molecule has 2 rings (SSSR count). The average Bonchev–Trinajstić information content (AvgIpc) is 2.68. The first kappa shape index (κ1) is 20.6. The highest BCUT2D eigenvalue weighted by atomic mass is 79.9. The van der Waals surface area contributed by atoms with Gasteiger partial charge >= 0.3 is 0 Å². The molecule has 0 spiro atoms. The Morgan fingerprint density at radius 1 is 1.04 bits per heavy atom. The van der Waals surface area contributed by atoms with E-state index in [0.717, 1.165) is 0 Å². The summed E-state index contributed by atoms with van der Waals surface area (Å²) in [5.41, 5.74) is 7.46. The van der Waals surface area contributed by atoms with Gasteiger partial charge in [0.2, 0.25) is 5.75 Å². The lowest BCUT2D eigenvalue weighted by Gasteiger charge is -2.14. The number of anilines is 1. The molecule has 0 saturated carbocycles. The quantitative estimate of drug-likeness (QED) is 0.377. The minimum Gasteiger partial charge on any atom is -0.493 e. The van der Waals surface area contributed by atoms with Crippen LogP contribution in [0.5, 0.6) is 23.0 Å². The predicted molar refractivity (Wildman–Crippen MR) is 109 cm³/mol. The highest BCUT2D eigenvalue weighted by Crippen LogP contribution is 2.41. The number of halogens is 1. The van der Waals surface area contributed by atoms with Gasteiger partial charge in [0.05, 0.1) is 38.1 Å². The normalized spacial score (nSPS) is 11.1. The van der Waals surface area contributed by atoms with Gasteiger partial charge in [-0.2, -0.15) is 0 Å². The number of hydrogen-bond acceptors (Lipinski definition) is 6. The van der Waals surface area contributed by atoms with Crippen molar-refractivity contribution >= 4 is 33.5 Å². The second-order valence-corrected chi connectivity index (χ2v) is 6.28. The molecule has 0 unspecified atom stereocenters. The standard InChI is InChI=1S/C20H22BrNO5/c1-5-27-16-8-6-12(11-15(16)22)18(23)14(21)10-13-7-9-17(24-2)20(26-4)19(13)25-3/h6-11H,5,22H2,1-4H3/b14-10+. The summed E-state index contributed by atoms with van der Waals surface area (Å²) in [6, 6.07) is 8.47. The average molecular weight is 436 g/mol. The van der Waals surface area contributed by atoms with E-state index in [1.807, 2.05) is 6.92 Å². The molecule has 0 fully saturated rings. The first-order valence-electron chi connectivity index (χ1n) is 8.19. The molecule has 2 aromatic carbocycles. The van der Waals surface area contributed by atoms with Crippen LogP contribution in [0.2, 0.25) is 0 Å². The van der Waals surface area contributed by atoms with Gasteiger partial charge in [-0.25, -0.2) is 0 Å². The van der Waals surface area contributed by atoms with E-state index in [1.165, 1.54) is 14.2 Å². The van der Waals surface area contributed by atoms with Gasteiger partial charge in [0.15, 0.2) is 17.3 Å². The molecule has 0 radical (unpaired) electrons. The number of rotatable bonds is 8. The Hall–Kier alpha value is -2.67. The van der Waals surface area contributed by atoms with Gasteiger partial charge < -0.3 is 24.7 Å². The number of carbonyl (C=O) groups excluding carboxylic acids is 1. The third-order valence-electron chi connectivity index (χ3n) is 3.81. The third-order valence-corrected chi connectivity index (χ3v) is 4.39. The largest absolute Gasteiger partial charge is 0.493 e. The SMILES string of the molecule is CCOc1ccc(C(=O)/C(Br)=C\c2ccc(OC)c(OC)c2OC)cc1N. The zero-order valence-electron chi connectivity index (χ0n) is 15.7. The molecule has 0 aromatic heterocycles. The number of benzene rings is 2. The van der Waals surface area contributed by atoms with E-state index in [4.69, 9.17) is 24.7 Å². The molecule has 0 amide bonds. The van der Waals surface area contributed by atoms with Crippen LogP contribution in [0.15, 0.2) is 34.8 Å². The maximum absolute atomic E-state index is 12.7. The number of ketones is 1. The Labute approximate surface area is 167 Å². The van der Waals surface area contributed by atoms with Crippen molar-refractivity contribution in [2.45, 2.75) is 6.92 Å². The van der Waals surface area contributed by atoms with Crippen LogP contribution in [-0.4, -0.2) is 33.7 Å². The lowest BCUT2D eigenvalue weighted by molar-refractivity contribution is 0.104. The monoisotopic (exact) mass is 435 g/mol. The first-order chi connectivity index (χ1) is 13.0. The van der Waals surface area contributed by atoms with E-state index in [1.54, 1.807) is 43.5 Å². The summed E-state index contributed by atoms with van der Waals surface area (Å²) in [5, 5.41) is 0. The van der Waals surface area contributed by atoms with Gasteiger partial charge in [0, 0.05) is 11.1 Å². The summed E-state index contributed by atoms with van der Waals surface area (Å²) in [7, 11) is 4.59. The van der Waals surface area contributed by atoms with Gasteiger partial charge in [-0.3, -0.25) is 4.79 Å². The molecule has 0 atom stereocenters. The summed E-state index contributed by atoms with van der Waals surface area (Å²) in [6.07, 6.45) is 1.66. The van der Waals surface area contributed by atoms with E-state index in [-0.39, 0.29) is 5.78 Å². The van der Waals surface area contributed by atoms with E-state index in [9.17, 15) is 4.79 Å². The molecule has 7 heteroatoms. The highest BCUT2D eigenvalue weighted by Gasteiger charge is 2.17. The fraction of sp³-hybridized carbons (Fsp3) is 0.250. The summed E-state index contributed by atoms with van der Waals surface area (Å²) in [4.78, 5) is 12.7. The minimum atomic E-state index is -0.221. The molecule has 0 aliphatic rings. The number of Topliss-reactive ketones (excluding diaryl/α,β-unsaturated/α-hetero) is 1. The molecule has 2 aromatic rings. The lowest BCUT2D eigenvalue weighted by Crippen LogP contribution is -2.03. The van der Waals surface area contributed by atoms with E-state index >= 15 is 0 Å². The van der Waals surface area contributed by atoms with Crippen molar-refractivity contribution in [2.24, 2.45) is 0 Å². The highest BCUT2D eigenvalue weighted by molar-refractivity contribution is 9.12. The fourth-order valence-electron chi connectivity index (χ4n) is 2.55. The Kier molecular flexibility index (Phi) is 7.12. The number of nitrogen functional groups attached to an aromatic ring is 1. The Morgan fingerprint density at radius 3 is 2.26 bits per heavy atom. The number of allylic oxidation sites excluding steroid dienone is 1. The minimum absolute atomic E-state index is 0.221.